The summed E-state index contributed by atoms with van der Waals surface area (Å²) in [7, 11) is 1.62. The lowest BCUT2D eigenvalue weighted by Gasteiger charge is -2.12. The van der Waals surface area contributed by atoms with Crippen LogP contribution in [0.15, 0.2) is 54.6 Å². The number of nitrogens with two attached hydrogens (primary N) is 1. The summed E-state index contributed by atoms with van der Waals surface area (Å²) in [6.07, 6.45) is 1.54. The molecule has 110 valence electrons. The highest BCUT2D eigenvalue weighted by Crippen LogP contribution is 2.20. The highest BCUT2D eigenvalue weighted by molar-refractivity contribution is 5.81. The SMILES string of the molecule is COc1ccccc1CC(=O)CCC(N)c1ccccc1. The van der Waals surface area contributed by atoms with Crippen LogP contribution in [-0.4, -0.2) is 12.9 Å². The first kappa shape index (κ1) is 15.3. The average molecular weight is 283 g/mol. The number of methoxy groups -OCH3 is 1. The van der Waals surface area contributed by atoms with Gasteiger partial charge in [0.25, 0.3) is 0 Å². The molecule has 1 unspecified atom stereocenters. The topological polar surface area (TPSA) is 52.3 Å². The number of carbonyl (C=O) groups is 1. The Hall–Kier alpha value is -2.13. The molecule has 2 rings (SSSR count). The predicted molar refractivity (Wildman–Crippen MR) is 84.3 cm³/mol. The Labute approximate surface area is 125 Å². The molecule has 0 aliphatic heterocycles. The molecule has 0 aliphatic rings. The average Bonchev–Trinajstić information content (AvgIpc) is 2.54. The molecule has 0 aromatic heterocycles. The van der Waals surface area contributed by atoms with Gasteiger partial charge in [0, 0.05) is 24.4 Å². The van der Waals surface area contributed by atoms with Crippen molar-refractivity contribution in [1.82, 2.24) is 0 Å². The van der Waals surface area contributed by atoms with Gasteiger partial charge in [-0.05, 0) is 18.1 Å². The molecule has 0 amide bonds. The van der Waals surface area contributed by atoms with E-state index in [1.54, 1.807) is 7.11 Å². The maximum Gasteiger partial charge on any atom is 0.137 e. The third-order valence-corrected chi connectivity index (χ3v) is 3.54. The van der Waals surface area contributed by atoms with Crippen LogP contribution in [0.5, 0.6) is 5.75 Å². The van der Waals surface area contributed by atoms with E-state index >= 15 is 0 Å². The second-order valence-corrected chi connectivity index (χ2v) is 5.08. The zero-order chi connectivity index (χ0) is 15.1. The van der Waals surface area contributed by atoms with Crippen molar-refractivity contribution in [2.45, 2.75) is 25.3 Å². The first-order valence-electron chi connectivity index (χ1n) is 7.15. The molecule has 0 fully saturated rings. The lowest BCUT2D eigenvalue weighted by atomic mass is 9.99. The van der Waals surface area contributed by atoms with Crippen LogP contribution < -0.4 is 10.5 Å². The Morgan fingerprint density at radius 3 is 2.48 bits per heavy atom. The minimum Gasteiger partial charge on any atom is -0.496 e. The summed E-state index contributed by atoms with van der Waals surface area (Å²) in [5.74, 6) is 0.948. The van der Waals surface area contributed by atoms with Gasteiger partial charge in [0.2, 0.25) is 0 Å². The van der Waals surface area contributed by atoms with Crippen LogP contribution in [0.4, 0.5) is 0 Å². The van der Waals surface area contributed by atoms with Gasteiger partial charge in [0.05, 0.1) is 7.11 Å². The van der Waals surface area contributed by atoms with E-state index in [2.05, 4.69) is 0 Å². The van der Waals surface area contributed by atoms with Crippen LogP contribution in [0.25, 0.3) is 0 Å². The largest absolute Gasteiger partial charge is 0.496 e. The molecule has 21 heavy (non-hydrogen) atoms. The second-order valence-electron chi connectivity index (χ2n) is 5.08. The predicted octanol–water partition coefficient (Wildman–Crippen LogP) is 3.29. The number of carbonyl (C=O) groups excluding carboxylic acids is 1. The molecule has 0 saturated heterocycles. The molecule has 2 aromatic carbocycles. The summed E-state index contributed by atoms with van der Waals surface area (Å²) < 4.78 is 5.26. The van der Waals surface area contributed by atoms with Crippen LogP contribution in [0.2, 0.25) is 0 Å². The van der Waals surface area contributed by atoms with Gasteiger partial charge in [0.15, 0.2) is 0 Å². The van der Waals surface area contributed by atoms with Crippen LogP contribution in [0, 0.1) is 0 Å². The van der Waals surface area contributed by atoms with Crippen molar-refractivity contribution in [2.75, 3.05) is 7.11 Å². The van der Waals surface area contributed by atoms with Gasteiger partial charge in [-0.25, -0.2) is 0 Å². The van der Waals surface area contributed by atoms with Gasteiger partial charge in [-0.1, -0.05) is 48.5 Å². The number of Topliss-reactive ketones (excluding diaryl/α,β-unsaturated/α-hetero) is 1. The fourth-order valence-electron chi connectivity index (χ4n) is 2.33. The Morgan fingerprint density at radius 2 is 1.76 bits per heavy atom. The zero-order valence-electron chi connectivity index (χ0n) is 12.3. The Kier molecular flexibility index (Phi) is 5.52. The van der Waals surface area contributed by atoms with Gasteiger partial charge in [-0.3, -0.25) is 4.79 Å². The van der Waals surface area contributed by atoms with E-state index in [1.165, 1.54) is 0 Å². The molecule has 0 radical (unpaired) electrons. The van der Waals surface area contributed by atoms with Crippen molar-refractivity contribution >= 4 is 5.78 Å². The summed E-state index contributed by atoms with van der Waals surface area (Å²) in [5, 5.41) is 0. The summed E-state index contributed by atoms with van der Waals surface area (Å²) in [6, 6.07) is 17.4. The number of ketones is 1. The quantitative estimate of drug-likeness (QED) is 0.848. The molecule has 2 aromatic rings. The molecule has 3 nitrogen and oxygen atoms in total. The Balaban J connectivity index is 1.88. The molecule has 3 heteroatoms. The Bertz CT molecular complexity index is 581. The lowest BCUT2D eigenvalue weighted by Crippen LogP contribution is -2.13. The van der Waals surface area contributed by atoms with Gasteiger partial charge < -0.3 is 10.5 Å². The monoisotopic (exact) mass is 283 g/mol. The smallest absolute Gasteiger partial charge is 0.137 e. The number of ether oxygens (including phenoxy) is 1. The molecule has 0 heterocycles. The summed E-state index contributed by atoms with van der Waals surface area (Å²) in [4.78, 5) is 12.1. The normalized spacial score (nSPS) is 11.9. The molecule has 2 N–H and O–H groups in total. The first-order valence-corrected chi connectivity index (χ1v) is 7.15. The molecule has 0 aliphatic carbocycles. The van der Waals surface area contributed by atoms with E-state index in [1.807, 2.05) is 54.6 Å². The standard InChI is InChI=1S/C18H21NO2/c1-21-18-10-6-5-9-15(18)13-16(20)11-12-17(19)14-7-3-2-4-8-14/h2-10,17H,11-13,19H2,1H3. The van der Waals surface area contributed by atoms with E-state index in [0.717, 1.165) is 16.9 Å². The van der Waals surface area contributed by atoms with Crippen molar-refractivity contribution < 1.29 is 9.53 Å². The van der Waals surface area contributed by atoms with Crippen LogP contribution >= 0.6 is 0 Å². The molecular weight excluding hydrogens is 262 g/mol. The minimum atomic E-state index is -0.0900. The third kappa shape index (κ3) is 4.43. The number of rotatable bonds is 7. The first-order chi connectivity index (χ1) is 10.2. The van der Waals surface area contributed by atoms with Crippen LogP contribution in [0.1, 0.15) is 30.0 Å². The highest BCUT2D eigenvalue weighted by atomic mass is 16.5. The molecule has 0 saturated carbocycles. The van der Waals surface area contributed by atoms with Gasteiger partial charge in [-0.15, -0.1) is 0 Å². The van der Waals surface area contributed by atoms with Crippen molar-refractivity contribution in [1.29, 1.82) is 0 Å². The van der Waals surface area contributed by atoms with Crippen molar-refractivity contribution in [2.24, 2.45) is 5.73 Å². The molecule has 1 atom stereocenters. The lowest BCUT2D eigenvalue weighted by molar-refractivity contribution is -0.118. The number of hydrogen-bond donors (Lipinski definition) is 1. The molecule has 0 spiro atoms. The van der Waals surface area contributed by atoms with E-state index in [0.29, 0.717) is 19.3 Å². The zero-order valence-corrected chi connectivity index (χ0v) is 12.3. The third-order valence-electron chi connectivity index (χ3n) is 3.54. The van der Waals surface area contributed by atoms with Crippen molar-refractivity contribution in [3.8, 4) is 5.75 Å². The van der Waals surface area contributed by atoms with E-state index in [9.17, 15) is 4.79 Å². The number of benzene rings is 2. The van der Waals surface area contributed by atoms with E-state index < -0.39 is 0 Å². The molecule has 0 bridgehead atoms. The van der Waals surface area contributed by atoms with E-state index in [-0.39, 0.29) is 11.8 Å². The highest BCUT2D eigenvalue weighted by Gasteiger charge is 2.11. The summed E-state index contributed by atoms with van der Waals surface area (Å²) in [6.45, 7) is 0. The van der Waals surface area contributed by atoms with Crippen LogP contribution in [-0.2, 0) is 11.2 Å². The van der Waals surface area contributed by atoms with E-state index in [4.69, 9.17) is 10.5 Å². The second kappa shape index (κ2) is 7.60. The maximum atomic E-state index is 12.1. The van der Waals surface area contributed by atoms with Crippen molar-refractivity contribution in [3.05, 3.63) is 65.7 Å². The number of para-hydroxylation sites is 1. The maximum absolute atomic E-state index is 12.1. The van der Waals surface area contributed by atoms with Gasteiger partial charge >= 0.3 is 0 Å². The summed E-state index contributed by atoms with van der Waals surface area (Å²) >= 11 is 0. The summed E-state index contributed by atoms with van der Waals surface area (Å²) in [5.41, 5.74) is 8.12. The number of hydrogen-bond acceptors (Lipinski definition) is 3. The van der Waals surface area contributed by atoms with Gasteiger partial charge in [-0.2, -0.15) is 0 Å². The van der Waals surface area contributed by atoms with Crippen molar-refractivity contribution in [3.63, 3.8) is 0 Å². The fraction of sp³-hybridized carbons (Fsp3) is 0.278. The fourth-order valence-corrected chi connectivity index (χ4v) is 2.33. The minimum absolute atomic E-state index is 0.0900. The Morgan fingerprint density at radius 1 is 1.10 bits per heavy atom. The van der Waals surface area contributed by atoms with Crippen LogP contribution in [0.3, 0.4) is 0 Å². The van der Waals surface area contributed by atoms with Gasteiger partial charge in [0.1, 0.15) is 11.5 Å². The molecular formula is C18H21NO2.